The van der Waals surface area contributed by atoms with Crippen molar-refractivity contribution in [3.8, 4) is 0 Å². The number of rotatable bonds is 5. The van der Waals surface area contributed by atoms with Crippen LogP contribution >= 0.6 is 11.6 Å². The number of benzene rings is 1. The maximum Gasteiger partial charge on any atom is 0.243 e. The Bertz CT molecular complexity index is 533. The van der Waals surface area contributed by atoms with E-state index >= 15 is 0 Å². The van der Waals surface area contributed by atoms with Crippen LogP contribution in [0.1, 0.15) is 6.92 Å². The summed E-state index contributed by atoms with van der Waals surface area (Å²) in [5, 5.41) is 7.73. The molecule has 5 N–H and O–H groups in total. The number of carbonyl (C=O) groups is 3. The minimum atomic E-state index is -0.417. The quantitative estimate of drug-likeness (QED) is 0.626. The Labute approximate surface area is 120 Å². The number of amides is 3. The molecule has 20 heavy (non-hydrogen) atoms. The fourth-order valence-corrected chi connectivity index (χ4v) is 1.57. The molecule has 0 spiro atoms. The molecule has 1 aromatic carbocycles. The first-order valence-electron chi connectivity index (χ1n) is 5.76. The second-order valence-corrected chi connectivity index (χ2v) is 4.31. The summed E-state index contributed by atoms with van der Waals surface area (Å²) < 4.78 is 0. The van der Waals surface area contributed by atoms with Crippen LogP contribution in [0.25, 0.3) is 0 Å². The molecule has 1 rings (SSSR count). The summed E-state index contributed by atoms with van der Waals surface area (Å²) in [6.45, 7) is 1.01. The molecule has 108 valence electrons. The molecule has 0 bridgehead atoms. The standard InChI is InChI=1S/C12H15ClN4O3/c1-7(18)16-10-3-2-8(4-9(10)13)17-12(20)6-15-11(19)5-14/h2-4H,5-6,14H2,1H3,(H,15,19)(H,16,18)(H,17,20). The molecule has 0 unspecified atom stereocenters. The van der Waals surface area contributed by atoms with Gasteiger partial charge < -0.3 is 21.7 Å². The number of nitrogens with one attached hydrogen (secondary N) is 3. The van der Waals surface area contributed by atoms with Crippen LogP contribution in [0.3, 0.4) is 0 Å². The van der Waals surface area contributed by atoms with E-state index in [-0.39, 0.29) is 19.0 Å². The topological polar surface area (TPSA) is 113 Å². The predicted molar refractivity (Wildman–Crippen MR) is 76.4 cm³/mol. The van der Waals surface area contributed by atoms with Crippen molar-refractivity contribution in [1.29, 1.82) is 0 Å². The third-order valence-electron chi connectivity index (χ3n) is 2.20. The highest BCUT2D eigenvalue weighted by molar-refractivity contribution is 6.34. The SMILES string of the molecule is CC(=O)Nc1ccc(NC(=O)CNC(=O)CN)cc1Cl. The summed E-state index contributed by atoms with van der Waals surface area (Å²) in [4.78, 5) is 33.3. The Kier molecular flexibility index (Phi) is 5.95. The average Bonchev–Trinajstić information content (AvgIpc) is 2.38. The van der Waals surface area contributed by atoms with Gasteiger partial charge in [0.2, 0.25) is 17.7 Å². The average molecular weight is 299 g/mol. The largest absolute Gasteiger partial charge is 0.346 e. The minimum absolute atomic E-state index is 0.176. The molecule has 8 heteroatoms. The van der Waals surface area contributed by atoms with Crippen molar-refractivity contribution < 1.29 is 14.4 Å². The molecule has 0 fully saturated rings. The molecule has 0 atom stereocenters. The van der Waals surface area contributed by atoms with Gasteiger partial charge in [-0.2, -0.15) is 0 Å². The zero-order chi connectivity index (χ0) is 15.1. The van der Waals surface area contributed by atoms with Crippen molar-refractivity contribution >= 4 is 40.7 Å². The maximum absolute atomic E-state index is 11.5. The van der Waals surface area contributed by atoms with Crippen LogP contribution in [0.4, 0.5) is 11.4 Å². The van der Waals surface area contributed by atoms with Crippen LogP contribution in [-0.4, -0.2) is 30.8 Å². The van der Waals surface area contributed by atoms with Crippen molar-refractivity contribution in [2.45, 2.75) is 6.92 Å². The van der Waals surface area contributed by atoms with Crippen molar-refractivity contribution in [2.75, 3.05) is 23.7 Å². The normalized spacial score (nSPS) is 9.75. The van der Waals surface area contributed by atoms with Crippen LogP contribution in [-0.2, 0) is 14.4 Å². The summed E-state index contributed by atoms with van der Waals surface area (Å²) in [7, 11) is 0. The zero-order valence-electron chi connectivity index (χ0n) is 10.8. The van der Waals surface area contributed by atoms with Gasteiger partial charge in [0.05, 0.1) is 23.8 Å². The molecule has 0 heterocycles. The zero-order valence-corrected chi connectivity index (χ0v) is 11.6. The van der Waals surface area contributed by atoms with Gasteiger partial charge in [-0.3, -0.25) is 14.4 Å². The van der Waals surface area contributed by atoms with Crippen LogP contribution in [0.2, 0.25) is 5.02 Å². The highest BCUT2D eigenvalue weighted by Crippen LogP contribution is 2.25. The Hall–Kier alpha value is -2.12. The van der Waals surface area contributed by atoms with E-state index in [1.165, 1.54) is 13.0 Å². The van der Waals surface area contributed by atoms with Gasteiger partial charge in [-0.05, 0) is 18.2 Å². The third-order valence-corrected chi connectivity index (χ3v) is 2.51. The molecular weight excluding hydrogens is 284 g/mol. The van der Waals surface area contributed by atoms with Gasteiger partial charge in [-0.1, -0.05) is 11.6 Å². The molecule has 0 saturated carbocycles. The number of carbonyl (C=O) groups excluding carboxylic acids is 3. The Morgan fingerprint density at radius 1 is 1.20 bits per heavy atom. The summed E-state index contributed by atoms with van der Waals surface area (Å²) in [5.74, 6) is -1.07. The molecule has 0 saturated heterocycles. The Morgan fingerprint density at radius 3 is 2.45 bits per heavy atom. The van der Waals surface area contributed by atoms with E-state index in [0.29, 0.717) is 16.4 Å². The highest BCUT2D eigenvalue weighted by Gasteiger charge is 2.07. The lowest BCUT2D eigenvalue weighted by Gasteiger charge is -2.09. The summed E-state index contributed by atoms with van der Waals surface area (Å²) >= 11 is 5.95. The third kappa shape index (κ3) is 5.25. The second-order valence-electron chi connectivity index (χ2n) is 3.90. The van der Waals surface area contributed by atoms with Gasteiger partial charge in [-0.25, -0.2) is 0 Å². The van der Waals surface area contributed by atoms with Gasteiger partial charge in [0, 0.05) is 12.6 Å². The van der Waals surface area contributed by atoms with Gasteiger partial charge in [0.25, 0.3) is 0 Å². The summed E-state index contributed by atoms with van der Waals surface area (Å²) in [6.07, 6.45) is 0. The van der Waals surface area contributed by atoms with E-state index in [1.54, 1.807) is 12.1 Å². The number of anilines is 2. The molecule has 0 radical (unpaired) electrons. The number of hydrogen-bond donors (Lipinski definition) is 4. The lowest BCUT2D eigenvalue weighted by molar-refractivity contribution is -0.123. The molecule has 0 aliphatic rings. The van der Waals surface area contributed by atoms with Crippen LogP contribution < -0.4 is 21.7 Å². The van der Waals surface area contributed by atoms with Crippen LogP contribution in [0.5, 0.6) is 0 Å². The van der Waals surface area contributed by atoms with Gasteiger partial charge >= 0.3 is 0 Å². The van der Waals surface area contributed by atoms with Crippen molar-refractivity contribution in [2.24, 2.45) is 5.73 Å². The smallest absolute Gasteiger partial charge is 0.243 e. The lowest BCUT2D eigenvalue weighted by atomic mass is 10.2. The molecule has 0 aliphatic heterocycles. The molecule has 0 aromatic heterocycles. The molecular formula is C12H15ClN4O3. The van der Waals surface area contributed by atoms with E-state index in [0.717, 1.165) is 0 Å². The summed E-state index contributed by atoms with van der Waals surface area (Å²) in [6, 6.07) is 4.65. The monoisotopic (exact) mass is 298 g/mol. The van der Waals surface area contributed by atoms with Gasteiger partial charge in [-0.15, -0.1) is 0 Å². The van der Waals surface area contributed by atoms with Crippen LogP contribution in [0, 0.1) is 0 Å². The fourth-order valence-electron chi connectivity index (χ4n) is 1.34. The van der Waals surface area contributed by atoms with E-state index in [1.807, 2.05) is 0 Å². The Balaban J connectivity index is 2.60. The molecule has 0 aliphatic carbocycles. The summed E-state index contributed by atoms with van der Waals surface area (Å²) in [5.41, 5.74) is 6.00. The van der Waals surface area contributed by atoms with E-state index in [9.17, 15) is 14.4 Å². The first-order chi connectivity index (χ1) is 9.42. The Morgan fingerprint density at radius 2 is 1.90 bits per heavy atom. The molecule has 1 aromatic rings. The molecule has 3 amide bonds. The first kappa shape index (κ1) is 15.9. The maximum atomic E-state index is 11.5. The van der Waals surface area contributed by atoms with Crippen molar-refractivity contribution in [3.63, 3.8) is 0 Å². The van der Waals surface area contributed by atoms with E-state index in [2.05, 4.69) is 16.0 Å². The fraction of sp³-hybridized carbons (Fsp3) is 0.250. The first-order valence-corrected chi connectivity index (χ1v) is 6.14. The van der Waals surface area contributed by atoms with Gasteiger partial charge in [0.15, 0.2) is 0 Å². The number of hydrogen-bond acceptors (Lipinski definition) is 4. The van der Waals surface area contributed by atoms with Crippen molar-refractivity contribution in [3.05, 3.63) is 23.2 Å². The lowest BCUT2D eigenvalue weighted by Crippen LogP contribution is -2.36. The van der Waals surface area contributed by atoms with Crippen LogP contribution in [0.15, 0.2) is 18.2 Å². The predicted octanol–water partition coefficient (Wildman–Crippen LogP) is 0.312. The van der Waals surface area contributed by atoms with E-state index < -0.39 is 11.8 Å². The highest BCUT2D eigenvalue weighted by atomic mass is 35.5. The van der Waals surface area contributed by atoms with Gasteiger partial charge in [0.1, 0.15) is 0 Å². The minimum Gasteiger partial charge on any atom is -0.346 e. The molecule has 7 nitrogen and oxygen atoms in total. The second kappa shape index (κ2) is 7.46. The number of nitrogens with two attached hydrogens (primary N) is 1. The van der Waals surface area contributed by atoms with E-state index in [4.69, 9.17) is 17.3 Å². The van der Waals surface area contributed by atoms with Crippen molar-refractivity contribution in [1.82, 2.24) is 5.32 Å². The number of halogens is 1.